The minimum atomic E-state index is -1.28. The van der Waals surface area contributed by atoms with Crippen molar-refractivity contribution in [2.45, 2.75) is 13.8 Å². The number of aliphatic carboxylic acids is 1. The normalized spacial score (nSPS) is 10.8. The molecule has 0 aliphatic heterocycles. The molecule has 140 valence electrons. The van der Waals surface area contributed by atoms with E-state index < -0.39 is 5.97 Å². The van der Waals surface area contributed by atoms with Crippen LogP contribution >= 0.6 is 0 Å². The molecule has 0 heterocycles. The van der Waals surface area contributed by atoms with E-state index >= 15 is 0 Å². The maximum absolute atomic E-state index is 11.0. The van der Waals surface area contributed by atoms with Crippen molar-refractivity contribution >= 4 is 12.0 Å². The van der Waals surface area contributed by atoms with Gasteiger partial charge in [-0.2, -0.15) is 5.26 Å². The van der Waals surface area contributed by atoms with Gasteiger partial charge >= 0.3 is 5.97 Å². The number of methoxy groups -OCH3 is 1. The lowest BCUT2D eigenvalue weighted by Gasteiger charge is -2.14. The van der Waals surface area contributed by atoms with Crippen LogP contribution in [0.2, 0.25) is 0 Å². The fourth-order valence-electron chi connectivity index (χ4n) is 2.53. The lowest BCUT2D eigenvalue weighted by Crippen LogP contribution is -2.11. The fraction of sp³-hybridized carbons (Fsp3) is 0.238. The SMILES string of the molecule is COc1ccc(C=C(C#N)C(=O)O)cc1OCCOc1c(C)cccc1C. The number of carbonyl (C=O) groups is 1. The smallest absolute Gasteiger partial charge is 0.346 e. The Labute approximate surface area is 158 Å². The van der Waals surface area contributed by atoms with E-state index in [9.17, 15) is 4.79 Å². The van der Waals surface area contributed by atoms with Gasteiger partial charge in [0.25, 0.3) is 0 Å². The first kappa shape index (κ1) is 19.9. The first-order chi connectivity index (χ1) is 13.0. The zero-order valence-electron chi connectivity index (χ0n) is 15.5. The maximum Gasteiger partial charge on any atom is 0.346 e. The van der Waals surface area contributed by atoms with Crippen molar-refractivity contribution in [3.63, 3.8) is 0 Å². The molecule has 0 amide bonds. The summed E-state index contributed by atoms with van der Waals surface area (Å²) in [6, 6.07) is 12.5. The first-order valence-corrected chi connectivity index (χ1v) is 8.31. The number of ether oxygens (including phenoxy) is 3. The van der Waals surface area contributed by atoms with Gasteiger partial charge in [-0.25, -0.2) is 4.79 Å². The second-order valence-electron chi connectivity index (χ2n) is 5.80. The molecule has 0 radical (unpaired) electrons. The number of para-hydroxylation sites is 1. The summed E-state index contributed by atoms with van der Waals surface area (Å²) >= 11 is 0. The minimum Gasteiger partial charge on any atom is -0.493 e. The zero-order valence-corrected chi connectivity index (χ0v) is 15.5. The number of aryl methyl sites for hydroxylation is 2. The Morgan fingerprint density at radius 3 is 2.37 bits per heavy atom. The number of nitrogens with zero attached hydrogens (tertiary/aromatic N) is 1. The molecule has 2 rings (SSSR count). The third-order valence-corrected chi connectivity index (χ3v) is 3.85. The van der Waals surface area contributed by atoms with Crippen LogP contribution in [0.1, 0.15) is 16.7 Å². The van der Waals surface area contributed by atoms with Crippen molar-refractivity contribution in [3.8, 4) is 23.3 Å². The van der Waals surface area contributed by atoms with Gasteiger partial charge in [0.2, 0.25) is 0 Å². The Morgan fingerprint density at radius 2 is 1.78 bits per heavy atom. The second-order valence-corrected chi connectivity index (χ2v) is 5.80. The molecule has 0 bridgehead atoms. The van der Waals surface area contributed by atoms with E-state index in [1.54, 1.807) is 24.3 Å². The van der Waals surface area contributed by atoms with E-state index in [1.165, 1.54) is 13.2 Å². The molecule has 6 nitrogen and oxygen atoms in total. The van der Waals surface area contributed by atoms with Crippen LogP contribution in [0, 0.1) is 25.2 Å². The van der Waals surface area contributed by atoms with Crippen LogP contribution in [0.5, 0.6) is 17.2 Å². The van der Waals surface area contributed by atoms with Crippen molar-refractivity contribution in [1.82, 2.24) is 0 Å². The van der Waals surface area contributed by atoms with Crippen LogP contribution in [-0.4, -0.2) is 31.4 Å². The lowest BCUT2D eigenvalue weighted by atomic mass is 10.1. The van der Waals surface area contributed by atoms with Gasteiger partial charge in [-0.1, -0.05) is 24.3 Å². The molecule has 0 atom stereocenters. The van der Waals surface area contributed by atoms with Crippen LogP contribution in [0.15, 0.2) is 42.0 Å². The molecule has 0 fully saturated rings. The molecule has 2 aromatic carbocycles. The highest BCUT2D eigenvalue weighted by atomic mass is 16.5. The summed E-state index contributed by atoms with van der Waals surface area (Å²) in [5, 5.41) is 17.9. The molecule has 1 N–H and O–H groups in total. The van der Waals surface area contributed by atoms with Gasteiger partial charge in [-0.3, -0.25) is 0 Å². The maximum atomic E-state index is 11.0. The first-order valence-electron chi connectivity index (χ1n) is 8.31. The molecule has 0 aromatic heterocycles. The third kappa shape index (κ3) is 5.25. The highest BCUT2D eigenvalue weighted by molar-refractivity contribution is 5.96. The molecular weight excluding hydrogens is 346 g/mol. The Morgan fingerprint density at radius 1 is 1.11 bits per heavy atom. The molecule has 0 saturated carbocycles. The van der Waals surface area contributed by atoms with Crippen molar-refractivity contribution in [3.05, 3.63) is 58.7 Å². The fourth-order valence-corrected chi connectivity index (χ4v) is 2.53. The van der Waals surface area contributed by atoms with Crippen LogP contribution in [0.4, 0.5) is 0 Å². The van der Waals surface area contributed by atoms with Gasteiger partial charge in [0.15, 0.2) is 11.5 Å². The van der Waals surface area contributed by atoms with E-state index in [0.29, 0.717) is 23.7 Å². The Bertz CT molecular complexity index is 876. The van der Waals surface area contributed by atoms with Gasteiger partial charge in [0, 0.05) is 0 Å². The van der Waals surface area contributed by atoms with Gasteiger partial charge in [-0.05, 0) is 48.7 Å². The van der Waals surface area contributed by atoms with Crippen molar-refractivity contribution in [2.24, 2.45) is 0 Å². The van der Waals surface area contributed by atoms with Gasteiger partial charge in [0.1, 0.15) is 30.6 Å². The number of nitriles is 1. The Balaban J connectivity index is 2.08. The van der Waals surface area contributed by atoms with E-state index in [2.05, 4.69) is 0 Å². The zero-order chi connectivity index (χ0) is 19.8. The van der Waals surface area contributed by atoms with E-state index in [1.807, 2.05) is 32.0 Å². The summed E-state index contributed by atoms with van der Waals surface area (Å²) in [5.41, 5.74) is 2.28. The van der Waals surface area contributed by atoms with E-state index in [4.69, 9.17) is 24.6 Å². The van der Waals surface area contributed by atoms with Crippen molar-refractivity contribution in [1.29, 1.82) is 5.26 Å². The summed E-state index contributed by atoms with van der Waals surface area (Å²) in [5.74, 6) is 0.509. The summed E-state index contributed by atoms with van der Waals surface area (Å²) in [7, 11) is 1.52. The minimum absolute atomic E-state index is 0.279. The molecule has 0 unspecified atom stereocenters. The van der Waals surface area contributed by atoms with E-state index in [-0.39, 0.29) is 12.2 Å². The molecule has 2 aromatic rings. The van der Waals surface area contributed by atoms with Crippen molar-refractivity contribution < 1.29 is 24.1 Å². The largest absolute Gasteiger partial charge is 0.493 e. The summed E-state index contributed by atoms with van der Waals surface area (Å²) in [6.45, 7) is 4.59. The number of benzene rings is 2. The topological polar surface area (TPSA) is 88.8 Å². The third-order valence-electron chi connectivity index (χ3n) is 3.85. The molecule has 0 spiro atoms. The molecule has 0 saturated heterocycles. The Kier molecular flexibility index (Phi) is 6.84. The summed E-state index contributed by atoms with van der Waals surface area (Å²) < 4.78 is 16.8. The summed E-state index contributed by atoms with van der Waals surface area (Å²) in [6.07, 6.45) is 1.28. The van der Waals surface area contributed by atoms with Gasteiger partial charge in [-0.15, -0.1) is 0 Å². The molecule has 0 aliphatic rings. The monoisotopic (exact) mass is 367 g/mol. The summed E-state index contributed by atoms with van der Waals surface area (Å²) in [4.78, 5) is 11.0. The average Bonchev–Trinajstić information content (AvgIpc) is 2.65. The van der Waals surface area contributed by atoms with Crippen LogP contribution < -0.4 is 14.2 Å². The van der Waals surface area contributed by atoms with Gasteiger partial charge < -0.3 is 19.3 Å². The molecule has 0 aliphatic carbocycles. The Hall–Kier alpha value is -3.46. The second kappa shape index (κ2) is 9.30. The average molecular weight is 367 g/mol. The highest BCUT2D eigenvalue weighted by Crippen LogP contribution is 2.29. The predicted molar refractivity (Wildman–Crippen MR) is 101 cm³/mol. The van der Waals surface area contributed by atoms with Crippen LogP contribution in [0.3, 0.4) is 0 Å². The van der Waals surface area contributed by atoms with Crippen LogP contribution in [0.25, 0.3) is 6.08 Å². The number of hydrogen-bond acceptors (Lipinski definition) is 5. The molecule has 6 heteroatoms. The quantitative estimate of drug-likeness (QED) is 0.434. The predicted octanol–water partition coefficient (Wildman–Crippen LogP) is 3.76. The standard InChI is InChI=1S/C21H21NO5/c1-14-5-4-6-15(2)20(14)27-10-9-26-19-12-16(7-8-18(19)25-3)11-17(13-22)21(23)24/h4-8,11-12H,9-10H2,1-3H3,(H,23,24). The lowest BCUT2D eigenvalue weighted by molar-refractivity contribution is -0.132. The number of rotatable bonds is 8. The van der Waals surface area contributed by atoms with Crippen molar-refractivity contribution in [2.75, 3.05) is 20.3 Å². The van der Waals surface area contributed by atoms with Crippen LogP contribution in [-0.2, 0) is 4.79 Å². The molecule has 27 heavy (non-hydrogen) atoms. The number of carboxylic acids is 1. The van der Waals surface area contributed by atoms with E-state index in [0.717, 1.165) is 16.9 Å². The number of hydrogen-bond donors (Lipinski definition) is 1. The molecular formula is C21H21NO5. The number of carboxylic acid groups (broad SMARTS) is 1. The van der Waals surface area contributed by atoms with Gasteiger partial charge in [0.05, 0.1) is 7.11 Å². The highest BCUT2D eigenvalue weighted by Gasteiger charge is 2.10.